The van der Waals surface area contributed by atoms with Gasteiger partial charge in [-0.3, -0.25) is 28.2 Å². The van der Waals surface area contributed by atoms with Gasteiger partial charge in [-0.25, -0.2) is 4.57 Å². The molecule has 1 saturated carbocycles. The maximum Gasteiger partial charge on any atom is 0.472 e. The predicted molar refractivity (Wildman–Crippen MR) is 458 cm³/mol. The molecule has 3 aliphatic rings. The molecular formula is C92H169O25P. The van der Waals surface area contributed by atoms with Crippen LogP contribution in [0.3, 0.4) is 0 Å². The zero-order valence-electron chi connectivity index (χ0n) is 73.7. The van der Waals surface area contributed by atoms with E-state index in [0.717, 1.165) is 135 Å². The summed E-state index contributed by atoms with van der Waals surface area (Å²) in [6.45, 7) is 5.59. The van der Waals surface area contributed by atoms with E-state index < -0.39 is 162 Å². The number of aliphatic hydroxyl groups excluding tert-OH is 9. The summed E-state index contributed by atoms with van der Waals surface area (Å²) in [4.78, 5) is 66.5. The molecule has 1 aliphatic carbocycles. The topological polar surface area (TPSA) is 380 Å². The Hall–Kier alpha value is -3.05. The van der Waals surface area contributed by atoms with E-state index in [1.54, 1.807) is 0 Å². The average molecular weight is 1710 g/mol. The molecule has 18 atom stereocenters. The van der Waals surface area contributed by atoms with Crippen LogP contribution in [0.4, 0.5) is 0 Å². The standard InChI is InChI=1S/C92H169O25P/c1-5-9-13-17-21-25-29-33-36-39-43-46-50-54-58-62-66-77(96)111-72(69-108-75(94)64-60-56-52-48-45-41-37-34-30-26-22-18-14-10-6-2)70-110-118(106,107)117-90-88(115-91-85(104)81(100)79(98)73(68-93)112-91)84(103)83(102)87(114-78(97)67-63-59-55-51-47-42-38-35-31-27-23-19-15-11-7-3)89(90)116-92-86(105)82(101)80(99)74(113-92)71-109-76(95)65-61-57-53-49-44-40-32-28-24-20-16-12-8-4/h27,31,40,44,72-74,79-93,98-105H,5-26,28-30,32-39,41-43,45-71H2,1-4H3,(H,106,107)/b31-27-,44-40-. The Morgan fingerprint density at radius 3 is 1.03 bits per heavy atom. The van der Waals surface area contributed by atoms with Crippen LogP contribution < -0.4 is 0 Å². The van der Waals surface area contributed by atoms with Crippen LogP contribution in [-0.2, 0) is 70.7 Å². The molecule has 0 amide bonds. The number of phosphoric acid groups is 1. The molecule has 0 bridgehead atoms. The molecule has 2 aliphatic heterocycles. The Balaban J connectivity index is 1.92. The van der Waals surface area contributed by atoms with Gasteiger partial charge in [0.05, 0.1) is 13.2 Å². The number of ether oxygens (including phenoxy) is 8. The van der Waals surface area contributed by atoms with Gasteiger partial charge >= 0.3 is 31.7 Å². The highest BCUT2D eigenvalue weighted by molar-refractivity contribution is 7.47. The summed E-state index contributed by atoms with van der Waals surface area (Å²) < 4.78 is 73.4. The van der Waals surface area contributed by atoms with Gasteiger partial charge in [-0.2, -0.15) is 0 Å². The fraction of sp³-hybridized carbons (Fsp3) is 0.913. The molecule has 0 radical (unpaired) electrons. The number of hydrogen-bond donors (Lipinski definition) is 10. The Kier molecular flexibility index (Phi) is 65.8. The van der Waals surface area contributed by atoms with E-state index in [2.05, 4.69) is 52.0 Å². The maximum absolute atomic E-state index is 14.9. The van der Waals surface area contributed by atoms with Crippen molar-refractivity contribution < 1.29 is 122 Å². The lowest BCUT2D eigenvalue weighted by atomic mass is 9.84. The van der Waals surface area contributed by atoms with E-state index in [1.165, 1.54) is 180 Å². The summed E-state index contributed by atoms with van der Waals surface area (Å²) in [7, 11) is -5.81. The Labute approximate surface area is 711 Å². The smallest absolute Gasteiger partial charge is 0.463 e. The molecule has 3 fully saturated rings. The first-order valence-corrected chi connectivity index (χ1v) is 49.1. The van der Waals surface area contributed by atoms with Gasteiger partial charge in [0.1, 0.15) is 92.6 Å². The van der Waals surface area contributed by atoms with Crippen molar-refractivity contribution in [1.82, 2.24) is 0 Å². The molecule has 26 heteroatoms. The van der Waals surface area contributed by atoms with Crippen molar-refractivity contribution in [2.45, 2.75) is 511 Å². The number of carbonyl (C=O) groups excluding carboxylic acids is 4. The van der Waals surface area contributed by atoms with Gasteiger partial charge in [-0.05, 0) is 77.0 Å². The normalized spacial score (nSPS) is 25.0. The monoisotopic (exact) mass is 1710 g/mol. The molecule has 0 aromatic rings. The summed E-state index contributed by atoms with van der Waals surface area (Å²) >= 11 is 0. The fourth-order valence-electron chi connectivity index (χ4n) is 15.6. The number of phosphoric ester groups is 1. The Bertz CT molecular complexity index is 2550. The van der Waals surface area contributed by atoms with Crippen molar-refractivity contribution in [3.05, 3.63) is 24.3 Å². The molecule has 2 saturated heterocycles. The Morgan fingerprint density at radius 1 is 0.331 bits per heavy atom. The number of hydrogen-bond acceptors (Lipinski definition) is 24. The summed E-state index contributed by atoms with van der Waals surface area (Å²) in [6.07, 6.45) is 31.6. The van der Waals surface area contributed by atoms with Crippen molar-refractivity contribution in [3.63, 3.8) is 0 Å². The minimum atomic E-state index is -5.81. The second-order valence-corrected chi connectivity index (χ2v) is 35.3. The fourth-order valence-corrected chi connectivity index (χ4v) is 16.6. The van der Waals surface area contributed by atoms with Gasteiger partial charge in [-0.1, -0.05) is 328 Å². The lowest BCUT2D eigenvalue weighted by Crippen LogP contribution is -2.70. The van der Waals surface area contributed by atoms with E-state index in [9.17, 15) is 74.6 Å². The van der Waals surface area contributed by atoms with Crippen LogP contribution in [0.25, 0.3) is 0 Å². The number of unbranched alkanes of at least 4 members (excludes halogenated alkanes) is 49. The molecule has 2 heterocycles. The third-order valence-electron chi connectivity index (χ3n) is 23.2. The van der Waals surface area contributed by atoms with Crippen LogP contribution in [0.2, 0.25) is 0 Å². The highest BCUT2D eigenvalue weighted by Crippen LogP contribution is 2.49. The molecule has 0 aromatic heterocycles. The molecule has 118 heavy (non-hydrogen) atoms. The number of rotatable bonds is 77. The van der Waals surface area contributed by atoms with E-state index in [0.29, 0.717) is 38.5 Å². The summed E-state index contributed by atoms with van der Waals surface area (Å²) in [5.74, 6) is -2.98. The number of allylic oxidation sites excluding steroid dienone is 4. The van der Waals surface area contributed by atoms with Gasteiger partial charge in [0.2, 0.25) is 0 Å². The molecular weight excluding hydrogens is 1540 g/mol. The average Bonchev–Trinajstić information content (AvgIpc) is 0.754. The molecule has 0 spiro atoms. The lowest BCUT2D eigenvalue weighted by Gasteiger charge is -2.50. The summed E-state index contributed by atoms with van der Waals surface area (Å²) in [6, 6.07) is 0. The van der Waals surface area contributed by atoms with Crippen LogP contribution in [0, 0.1) is 0 Å². The van der Waals surface area contributed by atoms with Gasteiger partial charge in [-0.15, -0.1) is 0 Å². The van der Waals surface area contributed by atoms with Gasteiger partial charge in [0.25, 0.3) is 0 Å². The number of esters is 4. The molecule has 0 aromatic carbocycles. The Morgan fingerprint density at radius 2 is 0.636 bits per heavy atom. The van der Waals surface area contributed by atoms with E-state index in [4.69, 9.17) is 46.9 Å². The van der Waals surface area contributed by atoms with Crippen molar-refractivity contribution in [2.24, 2.45) is 0 Å². The highest BCUT2D eigenvalue weighted by Gasteiger charge is 2.60. The summed E-state index contributed by atoms with van der Waals surface area (Å²) in [5.41, 5.74) is 0. The number of carbonyl (C=O) groups is 4. The largest absolute Gasteiger partial charge is 0.472 e. The summed E-state index contributed by atoms with van der Waals surface area (Å²) in [5, 5.41) is 102. The second kappa shape index (κ2) is 71.1. The SMILES string of the molecule is CCCCCC/C=C\CCCCCCCCCC(=O)OC1C(O)C(O)C(OC2OC(CO)C(O)C(O)C2O)C(OP(=O)(O)OCC(COC(=O)CCCCCCCCCCCCCCCCC)OC(=O)CCCCCCCCCCCCCCCCCC)C1OC1OC(COC(=O)CCCCC/C=C\CCCCCCCC)C(O)C(O)C1O. The molecule has 10 N–H and O–H groups in total. The zero-order chi connectivity index (χ0) is 86.1. The molecule has 25 nitrogen and oxygen atoms in total. The highest BCUT2D eigenvalue weighted by atomic mass is 31.2. The van der Waals surface area contributed by atoms with E-state index in [1.807, 2.05) is 0 Å². The predicted octanol–water partition coefficient (Wildman–Crippen LogP) is 17.7. The first kappa shape index (κ1) is 109. The third kappa shape index (κ3) is 50.8. The van der Waals surface area contributed by atoms with Crippen LogP contribution in [0.5, 0.6) is 0 Å². The van der Waals surface area contributed by atoms with Crippen molar-refractivity contribution in [2.75, 3.05) is 26.4 Å². The molecule has 692 valence electrons. The van der Waals surface area contributed by atoms with Crippen LogP contribution >= 0.6 is 7.82 Å². The molecule has 18 unspecified atom stereocenters. The minimum absolute atomic E-state index is 0.00617. The maximum atomic E-state index is 14.9. The van der Waals surface area contributed by atoms with Crippen LogP contribution in [-0.4, -0.2) is 205 Å². The van der Waals surface area contributed by atoms with E-state index in [-0.39, 0.29) is 25.7 Å². The van der Waals surface area contributed by atoms with Gasteiger partial charge < -0.3 is 88.7 Å². The van der Waals surface area contributed by atoms with Crippen LogP contribution in [0.1, 0.15) is 407 Å². The van der Waals surface area contributed by atoms with Crippen molar-refractivity contribution >= 4 is 31.7 Å². The number of aliphatic hydroxyl groups is 9. The first-order valence-electron chi connectivity index (χ1n) is 47.6. The zero-order valence-corrected chi connectivity index (χ0v) is 74.6. The molecule has 3 rings (SSSR count). The first-order chi connectivity index (χ1) is 57.2. The van der Waals surface area contributed by atoms with Crippen molar-refractivity contribution in [1.29, 1.82) is 0 Å². The van der Waals surface area contributed by atoms with Crippen LogP contribution in [0.15, 0.2) is 24.3 Å². The van der Waals surface area contributed by atoms with Gasteiger partial charge in [0.15, 0.2) is 24.8 Å². The lowest BCUT2D eigenvalue weighted by molar-refractivity contribution is -0.360. The third-order valence-corrected chi connectivity index (χ3v) is 24.2. The van der Waals surface area contributed by atoms with E-state index >= 15 is 0 Å². The minimum Gasteiger partial charge on any atom is -0.463 e. The van der Waals surface area contributed by atoms with Gasteiger partial charge in [0, 0.05) is 25.7 Å². The second-order valence-electron chi connectivity index (χ2n) is 33.9. The quantitative estimate of drug-likeness (QED) is 0.00889. The van der Waals surface area contributed by atoms with Crippen molar-refractivity contribution in [3.8, 4) is 0 Å².